The van der Waals surface area contributed by atoms with Crippen LogP contribution in [-0.4, -0.2) is 52.1 Å². The van der Waals surface area contributed by atoms with Gasteiger partial charge in [-0.3, -0.25) is 0 Å². The van der Waals surface area contributed by atoms with Gasteiger partial charge in [0.25, 0.3) is 0 Å². The van der Waals surface area contributed by atoms with Crippen LogP contribution in [0.1, 0.15) is 13.3 Å². The highest BCUT2D eigenvalue weighted by molar-refractivity contribution is 5.47. The van der Waals surface area contributed by atoms with Crippen molar-refractivity contribution in [3.05, 3.63) is 18.2 Å². The van der Waals surface area contributed by atoms with Crippen molar-refractivity contribution < 1.29 is 9.47 Å². The Bertz CT molecular complexity index is 347. The van der Waals surface area contributed by atoms with Gasteiger partial charge < -0.3 is 19.7 Å². The van der Waals surface area contributed by atoms with Crippen molar-refractivity contribution in [1.29, 1.82) is 0 Å². The minimum Gasteiger partial charge on any atom is -0.385 e. The summed E-state index contributed by atoms with van der Waals surface area (Å²) in [6.07, 6.45) is 0.979. The molecule has 1 N–H and O–H groups in total. The quantitative estimate of drug-likeness (QED) is 0.657. The van der Waals surface area contributed by atoms with Gasteiger partial charge in [-0.1, -0.05) is 6.07 Å². The van der Waals surface area contributed by atoms with E-state index in [1.807, 2.05) is 18.2 Å². The Kier molecular flexibility index (Phi) is 7.93. The number of methoxy groups -OCH3 is 2. The van der Waals surface area contributed by atoms with E-state index in [1.54, 1.807) is 14.2 Å². The first-order valence-corrected chi connectivity index (χ1v) is 6.75. The summed E-state index contributed by atoms with van der Waals surface area (Å²) in [5.74, 6) is 1.89. The number of rotatable bonds is 10. The number of pyridine rings is 1. The van der Waals surface area contributed by atoms with Gasteiger partial charge >= 0.3 is 0 Å². The molecule has 0 atom stereocenters. The maximum Gasteiger partial charge on any atom is 0.131 e. The molecular weight excluding hydrogens is 242 g/mol. The molecule has 0 saturated heterocycles. The van der Waals surface area contributed by atoms with Crippen LogP contribution >= 0.6 is 0 Å². The molecule has 0 unspecified atom stereocenters. The van der Waals surface area contributed by atoms with Crippen molar-refractivity contribution in [2.24, 2.45) is 0 Å². The van der Waals surface area contributed by atoms with Crippen LogP contribution in [0.5, 0.6) is 0 Å². The maximum absolute atomic E-state index is 5.16. The van der Waals surface area contributed by atoms with Gasteiger partial charge in [0.15, 0.2) is 0 Å². The molecule has 5 nitrogen and oxygen atoms in total. The number of aromatic nitrogens is 1. The van der Waals surface area contributed by atoms with E-state index in [2.05, 4.69) is 22.1 Å². The largest absolute Gasteiger partial charge is 0.385 e. The Morgan fingerprint density at radius 1 is 1.16 bits per heavy atom. The van der Waals surface area contributed by atoms with Crippen molar-refractivity contribution in [3.8, 4) is 0 Å². The summed E-state index contributed by atoms with van der Waals surface area (Å²) in [7, 11) is 3.44. The molecule has 0 fully saturated rings. The maximum atomic E-state index is 5.16. The Labute approximate surface area is 115 Å². The molecule has 0 aliphatic rings. The molecule has 0 aliphatic carbocycles. The first-order valence-electron chi connectivity index (χ1n) is 6.75. The molecular formula is C14H25N3O2. The summed E-state index contributed by atoms with van der Waals surface area (Å²) in [4.78, 5) is 6.84. The summed E-state index contributed by atoms with van der Waals surface area (Å²) >= 11 is 0. The average Bonchev–Trinajstić information content (AvgIpc) is 2.43. The van der Waals surface area contributed by atoms with Crippen molar-refractivity contribution in [2.45, 2.75) is 13.3 Å². The van der Waals surface area contributed by atoms with Crippen LogP contribution in [0.4, 0.5) is 11.6 Å². The smallest absolute Gasteiger partial charge is 0.131 e. The topological polar surface area (TPSA) is 46.6 Å². The number of ether oxygens (including phenoxy) is 2. The number of nitrogens with one attached hydrogen (secondary N) is 1. The normalized spacial score (nSPS) is 10.5. The van der Waals surface area contributed by atoms with E-state index < -0.39 is 0 Å². The summed E-state index contributed by atoms with van der Waals surface area (Å²) in [6.45, 7) is 6.15. The molecule has 0 bridgehead atoms. The van der Waals surface area contributed by atoms with Crippen LogP contribution in [0.25, 0.3) is 0 Å². The molecule has 0 amide bonds. The number of hydrogen-bond donors (Lipinski definition) is 1. The molecule has 0 spiro atoms. The SMILES string of the molecule is CCNc1cccc(N(CCCOC)CCOC)n1. The van der Waals surface area contributed by atoms with E-state index >= 15 is 0 Å². The average molecular weight is 267 g/mol. The zero-order chi connectivity index (χ0) is 13.9. The molecule has 0 radical (unpaired) electrons. The summed E-state index contributed by atoms with van der Waals surface area (Å²) in [5, 5.41) is 3.23. The van der Waals surface area contributed by atoms with Gasteiger partial charge in [-0.2, -0.15) is 0 Å². The van der Waals surface area contributed by atoms with E-state index in [1.165, 1.54) is 0 Å². The highest BCUT2D eigenvalue weighted by atomic mass is 16.5. The van der Waals surface area contributed by atoms with E-state index in [9.17, 15) is 0 Å². The van der Waals surface area contributed by atoms with Crippen molar-refractivity contribution in [2.75, 3.05) is 57.3 Å². The second-order valence-electron chi connectivity index (χ2n) is 4.24. The Morgan fingerprint density at radius 3 is 2.63 bits per heavy atom. The van der Waals surface area contributed by atoms with Gasteiger partial charge in [0, 0.05) is 40.5 Å². The van der Waals surface area contributed by atoms with Crippen molar-refractivity contribution >= 4 is 11.6 Å². The van der Waals surface area contributed by atoms with Gasteiger partial charge in [0.1, 0.15) is 11.6 Å². The molecule has 108 valence electrons. The zero-order valence-corrected chi connectivity index (χ0v) is 12.2. The van der Waals surface area contributed by atoms with Crippen LogP contribution in [-0.2, 0) is 9.47 Å². The summed E-state index contributed by atoms with van der Waals surface area (Å²) in [6, 6.07) is 6.04. The van der Waals surface area contributed by atoms with Crippen LogP contribution in [0, 0.1) is 0 Å². The van der Waals surface area contributed by atoms with Gasteiger partial charge in [0.2, 0.25) is 0 Å². The Hall–Kier alpha value is -1.33. The molecule has 1 aromatic heterocycles. The lowest BCUT2D eigenvalue weighted by molar-refractivity contribution is 0.191. The second kappa shape index (κ2) is 9.58. The van der Waals surface area contributed by atoms with Crippen LogP contribution in [0.2, 0.25) is 0 Å². The van der Waals surface area contributed by atoms with Crippen LogP contribution < -0.4 is 10.2 Å². The fraction of sp³-hybridized carbons (Fsp3) is 0.643. The standard InChI is InChI=1S/C14H25N3O2/c1-4-15-13-7-5-8-14(16-13)17(10-12-19-3)9-6-11-18-2/h5,7-8H,4,6,9-12H2,1-3H3,(H,15,16). The van der Waals surface area contributed by atoms with E-state index in [-0.39, 0.29) is 0 Å². The van der Waals surface area contributed by atoms with E-state index in [0.717, 1.165) is 44.3 Å². The number of hydrogen-bond acceptors (Lipinski definition) is 5. The van der Waals surface area contributed by atoms with Gasteiger partial charge in [-0.15, -0.1) is 0 Å². The molecule has 19 heavy (non-hydrogen) atoms. The summed E-state index contributed by atoms with van der Waals surface area (Å²) < 4.78 is 10.3. The third-order valence-electron chi connectivity index (χ3n) is 2.76. The Balaban J connectivity index is 2.68. The lowest BCUT2D eigenvalue weighted by atomic mass is 10.3. The number of nitrogens with zero attached hydrogens (tertiary/aromatic N) is 2. The van der Waals surface area contributed by atoms with Gasteiger partial charge in [0.05, 0.1) is 6.61 Å². The van der Waals surface area contributed by atoms with E-state index in [4.69, 9.17) is 9.47 Å². The molecule has 5 heteroatoms. The van der Waals surface area contributed by atoms with Crippen molar-refractivity contribution in [3.63, 3.8) is 0 Å². The minimum atomic E-state index is 0.695. The van der Waals surface area contributed by atoms with Crippen LogP contribution in [0.3, 0.4) is 0 Å². The highest BCUT2D eigenvalue weighted by Gasteiger charge is 2.08. The minimum absolute atomic E-state index is 0.695. The molecule has 1 rings (SSSR count). The third kappa shape index (κ3) is 5.89. The fourth-order valence-electron chi connectivity index (χ4n) is 1.82. The molecule has 0 aromatic carbocycles. The Morgan fingerprint density at radius 2 is 1.95 bits per heavy atom. The predicted octanol–water partition coefficient (Wildman–Crippen LogP) is 2.00. The molecule has 0 aliphatic heterocycles. The molecule has 0 saturated carbocycles. The monoisotopic (exact) mass is 267 g/mol. The first kappa shape index (κ1) is 15.7. The van der Waals surface area contributed by atoms with Crippen LogP contribution in [0.15, 0.2) is 18.2 Å². The highest BCUT2D eigenvalue weighted by Crippen LogP contribution is 2.14. The van der Waals surface area contributed by atoms with Gasteiger partial charge in [-0.25, -0.2) is 4.98 Å². The first-order chi connectivity index (χ1) is 9.31. The summed E-state index contributed by atoms with van der Waals surface area (Å²) in [5.41, 5.74) is 0. The van der Waals surface area contributed by atoms with E-state index in [0.29, 0.717) is 6.61 Å². The second-order valence-corrected chi connectivity index (χ2v) is 4.24. The fourth-order valence-corrected chi connectivity index (χ4v) is 1.82. The molecule has 1 heterocycles. The number of anilines is 2. The van der Waals surface area contributed by atoms with Gasteiger partial charge in [-0.05, 0) is 25.5 Å². The zero-order valence-electron chi connectivity index (χ0n) is 12.2. The third-order valence-corrected chi connectivity index (χ3v) is 2.76. The lowest BCUT2D eigenvalue weighted by Gasteiger charge is -2.23. The molecule has 1 aromatic rings. The van der Waals surface area contributed by atoms with Crippen molar-refractivity contribution in [1.82, 2.24) is 4.98 Å². The lowest BCUT2D eigenvalue weighted by Crippen LogP contribution is -2.29. The predicted molar refractivity (Wildman–Crippen MR) is 79.0 cm³/mol.